The molecule has 0 fully saturated rings. The third-order valence-corrected chi connectivity index (χ3v) is 3.09. The van der Waals surface area contributed by atoms with Gasteiger partial charge in [-0.25, -0.2) is 0 Å². The lowest BCUT2D eigenvalue weighted by Crippen LogP contribution is -1.97. The zero-order valence-corrected chi connectivity index (χ0v) is 11.5. The fourth-order valence-corrected chi connectivity index (χ4v) is 2.16. The molecule has 0 heterocycles. The second-order valence-electron chi connectivity index (χ2n) is 2.82. The van der Waals surface area contributed by atoms with E-state index >= 15 is 0 Å². The van der Waals surface area contributed by atoms with Crippen LogP contribution in [0.4, 0.5) is 0 Å². The lowest BCUT2D eigenvalue weighted by atomic mass is 10.3. The molecule has 0 aliphatic heterocycles. The molecule has 1 aromatic carbocycles. The molecule has 0 amide bonds. The molecule has 0 atom stereocenters. The van der Waals surface area contributed by atoms with Crippen LogP contribution in [0.3, 0.4) is 0 Å². The van der Waals surface area contributed by atoms with E-state index in [9.17, 15) is 0 Å². The predicted molar refractivity (Wildman–Crippen MR) is 67.7 cm³/mol. The molecule has 0 unspecified atom stereocenters. The van der Waals surface area contributed by atoms with E-state index in [1.165, 1.54) is 0 Å². The van der Waals surface area contributed by atoms with Crippen molar-refractivity contribution in [3.8, 4) is 5.75 Å². The molecule has 1 aromatic rings. The number of benzene rings is 1. The molecule has 78 valence electrons. The second kappa shape index (κ2) is 6.70. The van der Waals surface area contributed by atoms with Crippen molar-refractivity contribution in [2.45, 2.75) is 12.8 Å². The van der Waals surface area contributed by atoms with Crippen LogP contribution in [0, 0.1) is 0 Å². The molecule has 0 radical (unpaired) electrons. The van der Waals surface area contributed by atoms with Gasteiger partial charge in [0, 0.05) is 10.4 Å². The van der Waals surface area contributed by atoms with Gasteiger partial charge in [0.25, 0.3) is 0 Å². The van der Waals surface area contributed by atoms with Gasteiger partial charge in [0.1, 0.15) is 5.75 Å². The van der Waals surface area contributed by atoms with Gasteiger partial charge in [-0.2, -0.15) is 0 Å². The Kier molecular flexibility index (Phi) is 5.90. The first-order chi connectivity index (χ1) is 6.74. The van der Waals surface area contributed by atoms with Gasteiger partial charge in [-0.1, -0.05) is 27.5 Å². The second-order valence-corrected chi connectivity index (χ2v) is 4.90. The van der Waals surface area contributed by atoms with E-state index in [1.54, 1.807) is 0 Å². The number of hydrogen-bond donors (Lipinski definition) is 0. The van der Waals surface area contributed by atoms with Crippen LogP contribution >= 0.6 is 43.5 Å². The summed E-state index contributed by atoms with van der Waals surface area (Å²) in [5.41, 5.74) is 0. The molecule has 0 saturated carbocycles. The van der Waals surface area contributed by atoms with E-state index < -0.39 is 0 Å². The third kappa shape index (κ3) is 4.20. The Bertz CT molecular complexity index is 291. The van der Waals surface area contributed by atoms with Crippen molar-refractivity contribution in [3.05, 3.63) is 27.7 Å². The van der Waals surface area contributed by atoms with E-state index in [-0.39, 0.29) is 0 Å². The van der Waals surface area contributed by atoms with Crippen molar-refractivity contribution in [1.82, 2.24) is 0 Å². The lowest BCUT2D eigenvalue weighted by Gasteiger charge is -2.07. The highest BCUT2D eigenvalue weighted by Crippen LogP contribution is 2.27. The maximum atomic E-state index is 5.81. The normalized spacial score (nSPS) is 10.2. The van der Waals surface area contributed by atoms with E-state index in [4.69, 9.17) is 16.3 Å². The van der Waals surface area contributed by atoms with Gasteiger partial charge >= 0.3 is 0 Å². The smallest absolute Gasteiger partial charge is 0.133 e. The Labute approximate surface area is 106 Å². The minimum atomic E-state index is 0.713. The summed E-state index contributed by atoms with van der Waals surface area (Å²) >= 11 is 12.6. The Morgan fingerprint density at radius 1 is 1.29 bits per heavy atom. The van der Waals surface area contributed by atoms with Gasteiger partial charge in [-0.3, -0.25) is 0 Å². The summed E-state index contributed by atoms with van der Waals surface area (Å²) < 4.78 is 6.47. The van der Waals surface area contributed by atoms with Crippen molar-refractivity contribution >= 4 is 43.5 Å². The van der Waals surface area contributed by atoms with Crippen LogP contribution < -0.4 is 4.74 Å². The minimum absolute atomic E-state index is 0.713. The molecule has 0 aliphatic carbocycles. The highest BCUT2D eigenvalue weighted by molar-refractivity contribution is 9.10. The molecule has 0 N–H and O–H groups in total. The van der Waals surface area contributed by atoms with Gasteiger partial charge < -0.3 is 4.74 Å². The Balaban J connectivity index is 2.42. The first-order valence-electron chi connectivity index (χ1n) is 4.38. The van der Waals surface area contributed by atoms with Gasteiger partial charge in [0.15, 0.2) is 0 Å². The van der Waals surface area contributed by atoms with E-state index in [2.05, 4.69) is 31.9 Å². The average molecular weight is 342 g/mol. The molecule has 0 aromatic heterocycles. The van der Waals surface area contributed by atoms with Gasteiger partial charge in [0.05, 0.1) is 11.1 Å². The number of halogens is 3. The molecule has 0 spiro atoms. The van der Waals surface area contributed by atoms with Crippen molar-refractivity contribution < 1.29 is 4.74 Å². The van der Waals surface area contributed by atoms with Crippen LogP contribution in [0.5, 0.6) is 5.75 Å². The van der Waals surface area contributed by atoms with Crippen LogP contribution in [0.25, 0.3) is 0 Å². The zero-order chi connectivity index (χ0) is 10.4. The number of rotatable bonds is 5. The summed E-state index contributed by atoms with van der Waals surface area (Å²) in [6, 6.07) is 5.54. The van der Waals surface area contributed by atoms with Crippen molar-refractivity contribution in [3.63, 3.8) is 0 Å². The summed E-state index contributed by atoms with van der Waals surface area (Å²) in [4.78, 5) is 0. The average Bonchev–Trinajstić information content (AvgIpc) is 2.15. The number of hydrogen-bond acceptors (Lipinski definition) is 1. The molecular weight excluding hydrogens is 331 g/mol. The van der Waals surface area contributed by atoms with Crippen LogP contribution in [0.1, 0.15) is 12.8 Å². The largest absolute Gasteiger partial charge is 0.492 e. The fourth-order valence-electron chi connectivity index (χ4n) is 0.971. The molecule has 0 saturated heterocycles. The highest BCUT2D eigenvalue weighted by atomic mass is 79.9. The quantitative estimate of drug-likeness (QED) is 0.559. The zero-order valence-electron chi connectivity index (χ0n) is 7.60. The van der Waals surface area contributed by atoms with Crippen molar-refractivity contribution in [2.24, 2.45) is 0 Å². The van der Waals surface area contributed by atoms with Gasteiger partial charge in [-0.05, 0) is 47.0 Å². The predicted octanol–water partition coefficient (Wildman–Crippen LogP) is 4.66. The molecule has 1 rings (SSSR count). The van der Waals surface area contributed by atoms with Crippen LogP contribution in [-0.2, 0) is 0 Å². The van der Waals surface area contributed by atoms with Crippen molar-refractivity contribution in [1.29, 1.82) is 0 Å². The van der Waals surface area contributed by atoms with Gasteiger partial charge in [0.2, 0.25) is 0 Å². The van der Waals surface area contributed by atoms with E-state index in [0.29, 0.717) is 5.02 Å². The molecular formula is C10H11Br2ClO. The SMILES string of the molecule is Clc1ccc(OCCCCBr)c(Br)c1. The van der Waals surface area contributed by atoms with Gasteiger partial charge in [-0.15, -0.1) is 0 Å². The highest BCUT2D eigenvalue weighted by Gasteiger charge is 2.00. The third-order valence-electron chi connectivity index (χ3n) is 1.68. The standard InChI is InChI=1S/C10H11Br2ClO/c11-5-1-2-6-14-10-4-3-8(13)7-9(10)12/h3-4,7H,1-2,5-6H2. The fraction of sp³-hybridized carbons (Fsp3) is 0.400. The molecule has 14 heavy (non-hydrogen) atoms. The Morgan fingerprint density at radius 3 is 2.71 bits per heavy atom. The number of alkyl halides is 1. The number of ether oxygens (including phenoxy) is 1. The maximum Gasteiger partial charge on any atom is 0.133 e. The summed E-state index contributed by atoms with van der Waals surface area (Å²) in [5.74, 6) is 0.851. The molecule has 0 aliphatic rings. The lowest BCUT2D eigenvalue weighted by molar-refractivity contribution is 0.308. The maximum absolute atomic E-state index is 5.81. The molecule has 4 heteroatoms. The first kappa shape index (κ1) is 12.3. The van der Waals surface area contributed by atoms with Crippen molar-refractivity contribution in [2.75, 3.05) is 11.9 Å². The molecule has 1 nitrogen and oxygen atoms in total. The Morgan fingerprint density at radius 2 is 2.07 bits per heavy atom. The monoisotopic (exact) mass is 340 g/mol. The first-order valence-corrected chi connectivity index (χ1v) is 6.67. The number of unbranched alkanes of at least 4 members (excludes halogenated alkanes) is 1. The summed E-state index contributed by atoms with van der Waals surface area (Å²) in [7, 11) is 0. The van der Waals surface area contributed by atoms with Crippen LogP contribution in [0.15, 0.2) is 22.7 Å². The summed E-state index contributed by atoms with van der Waals surface area (Å²) in [6.45, 7) is 0.742. The summed E-state index contributed by atoms with van der Waals surface area (Å²) in [6.07, 6.45) is 2.19. The summed E-state index contributed by atoms with van der Waals surface area (Å²) in [5, 5.41) is 1.74. The van der Waals surface area contributed by atoms with E-state index in [1.807, 2.05) is 18.2 Å². The van der Waals surface area contributed by atoms with Crippen LogP contribution in [0.2, 0.25) is 5.02 Å². The van der Waals surface area contributed by atoms with Crippen LogP contribution in [-0.4, -0.2) is 11.9 Å². The topological polar surface area (TPSA) is 9.23 Å². The minimum Gasteiger partial charge on any atom is -0.492 e. The Hall–Kier alpha value is 0.270. The molecule has 0 bridgehead atoms. The van der Waals surface area contributed by atoms with E-state index in [0.717, 1.165) is 35.0 Å².